The Labute approximate surface area is 101 Å². The molecule has 84 valence electrons. The van der Waals surface area contributed by atoms with E-state index in [2.05, 4.69) is 36.3 Å². The second-order valence-corrected chi connectivity index (χ2v) is 4.06. The standard InChI is InChI=1S/C13H15ClN2/c1-2-11-3-5-12(6-4-11)13-7-9-15-16(13)10-8-14/h3-7,9H,2,8,10H2,1H3. The van der Waals surface area contributed by atoms with Crippen molar-refractivity contribution in [3.63, 3.8) is 0 Å². The Kier molecular flexibility index (Phi) is 3.62. The van der Waals surface area contributed by atoms with Crippen LogP contribution in [0.3, 0.4) is 0 Å². The molecule has 0 saturated carbocycles. The largest absolute Gasteiger partial charge is 0.264 e. The summed E-state index contributed by atoms with van der Waals surface area (Å²) in [6, 6.07) is 10.6. The number of aromatic nitrogens is 2. The topological polar surface area (TPSA) is 17.8 Å². The molecule has 2 nitrogen and oxygen atoms in total. The summed E-state index contributed by atoms with van der Waals surface area (Å²) in [5, 5.41) is 4.26. The molecule has 1 aromatic carbocycles. The zero-order valence-corrected chi connectivity index (χ0v) is 10.1. The van der Waals surface area contributed by atoms with E-state index < -0.39 is 0 Å². The average molecular weight is 235 g/mol. The molecule has 0 spiro atoms. The lowest BCUT2D eigenvalue weighted by atomic mass is 10.1. The molecule has 0 radical (unpaired) electrons. The average Bonchev–Trinajstić information content (AvgIpc) is 2.78. The molecule has 16 heavy (non-hydrogen) atoms. The van der Waals surface area contributed by atoms with Gasteiger partial charge >= 0.3 is 0 Å². The monoisotopic (exact) mass is 234 g/mol. The van der Waals surface area contributed by atoms with Crippen molar-refractivity contribution in [2.45, 2.75) is 19.9 Å². The summed E-state index contributed by atoms with van der Waals surface area (Å²) in [5.41, 5.74) is 3.68. The normalized spacial score (nSPS) is 10.6. The zero-order chi connectivity index (χ0) is 11.4. The predicted octanol–water partition coefficient (Wildman–Crippen LogP) is 3.35. The highest BCUT2D eigenvalue weighted by molar-refractivity contribution is 6.17. The Morgan fingerprint density at radius 1 is 1.19 bits per heavy atom. The van der Waals surface area contributed by atoms with Crippen molar-refractivity contribution < 1.29 is 0 Å². The van der Waals surface area contributed by atoms with Crippen LogP contribution in [0, 0.1) is 0 Å². The Morgan fingerprint density at radius 2 is 1.94 bits per heavy atom. The molecular weight excluding hydrogens is 220 g/mol. The molecule has 2 rings (SSSR count). The van der Waals surface area contributed by atoms with E-state index in [4.69, 9.17) is 11.6 Å². The van der Waals surface area contributed by atoms with Gasteiger partial charge in [0.2, 0.25) is 0 Å². The molecule has 0 amide bonds. The van der Waals surface area contributed by atoms with Crippen LogP contribution in [0.15, 0.2) is 36.5 Å². The van der Waals surface area contributed by atoms with Crippen LogP contribution in [0.25, 0.3) is 11.3 Å². The van der Waals surface area contributed by atoms with Gasteiger partial charge in [-0.1, -0.05) is 31.2 Å². The number of benzene rings is 1. The third-order valence-electron chi connectivity index (χ3n) is 2.67. The van der Waals surface area contributed by atoms with Crippen LogP contribution >= 0.6 is 11.6 Å². The third kappa shape index (κ3) is 2.27. The highest BCUT2D eigenvalue weighted by Gasteiger charge is 2.04. The van der Waals surface area contributed by atoms with E-state index >= 15 is 0 Å². The summed E-state index contributed by atoms with van der Waals surface area (Å²) in [6.07, 6.45) is 2.89. The van der Waals surface area contributed by atoms with Crippen molar-refractivity contribution in [1.29, 1.82) is 0 Å². The molecule has 3 heteroatoms. The van der Waals surface area contributed by atoms with Crippen LogP contribution in [0.5, 0.6) is 0 Å². The summed E-state index contributed by atoms with van der Waals surface area (Å²) < 4.78 is 1.94. The number of hydrogen-bond acceptors (Lipinski definition) is 1. The van der Waals surface area contributed by atoms with Crippen molar-refractivity contribution in [1.82, 2.24) is 9.78 Å². The van der Waals surface area contributed by atoms with Gasteiger partial charge in [-0.2, -0.15) is 5.10 Å². The Balaban J connectivity index is 2.31. The van der Waals surface area contributed by atoms with Gasteiger partial charge in [-0.25, -0.2) is 0 Å². The minimum atomic E-state index is 0.585. The highest BCUT2D eigenvalue weighted by Crippen LogP contribution is 2.19. The maximum atomic E-state index is 5.74. The second-order valence-electron chi connectivity index (χ2n) is 3.68. The fourth-order valence-corrected chi connectivity index (χ4v) is 1.91. The van der Waals surface area contributed by atoms with E-state index in [1.165, 1.54) is 11.1 Å². The summed E-state index contributed by atoms with van der Waals surface area (Å²) in [7, 11) is 0. The van der Waals surface area contributed by atoms with Gasteiger partial charge in [-0.3, -0.25) is 4.68 Å². The molecule has 0 N–H and O–H groups in total. The van der Waals surface area contributed by atoms with Crippen LogP contribution in [0.4, 0.5) is 0 Å². The van der Waals surface area contributed by atoms with Crippen LogP contribution in [-0.4, -0.2) is 15.7 Å². The molecule has 0 bridgehead atoms. The molecule has 0 fully saturated rings. The molecule has 0 unspecified atom stereocenters. The maximum absolute atomic E-state index is 5.74. The van der Waals surface area contributed by atoms with E-state index in [1.54, 1.807) is 0 Å². The van der Waals surface area contributed by atoms with Gasteiger partial charge in [0.15, 0.2) is 0 Å². The van der Waals surface area contributed by atoms with E-state index in [1.807, 2.05) is 16.9 Å². The number of aryl methyl sites for hydroxylation is 2. The molecule has 0 aliphatic carbocycles. The summed E-state index contributed by atoms with van der Waals surface area (Å²) in [4.78, 5) is 0. The molecular formula is C13H15ClN2. The van der Waals surface area contributed by atoms with Gasteiger partial charge in [0.1, 0.15) is 0 Å². The first kappa shape index (κ1) is 11.2. The second kappa shape index (κ2) is 5.17. The third-order valence-corrected chi connectivity index (χ3v) is 2.84. The van der Waals surface area contributed by atoms with Gasteiger partial charge in [-0.15, -0.1) is 11.6 Å². The minimum absolute atomic E-state index is 0.585. The first-order valence-corrected chi connectivity index (χ1v) is 6.05. The van der Waals surface area contributed by atoms with Gasteiger partial charge in [0, 0.05) is 12.1 Å². The lowest BCUT2D eigenvalue weighted by molar-refractivity contribution is 0.671. The number of hydrogen-bond donors (Lipinski definition) is 0. The SMILES string of the molecule is CCc1ccc(-c2ccnn2CCCl)cc1. The van der Waals surface area contributed by atoms with Gasteiger partial charge in [0.05, 0.1) is 12.2 Å². The van der Waals surface area contributed by atoms with Crippen LogP contribution < -0.4 is 0 Å². The Hall–Kier alpha value is -1.28. The van der Waals surface area contributed by atoms with Crippen LogP contribution in [-0.2, 0) is 13.0 Å². The zero-order valence-electron chi connectivity index (χ0n) is 9.36. The van der Waals surface area contributed by atoms with E-state index in [9.17, 15) is 0 Å². The van der Waals surface area contributed by atoms with Crippen molar-refractivity contribution in [2.24, 2.45) is 0 Å². The molecule has 0 saturated heterocycles. The lowest BCUT2D eigenvalue weighted by Gasteiger charge is -2.06. The highest BCUT2D eigenvalue weighted by atomic mass is 35.5. The van der Waals surface area contributed by atoms with E-state index in [-0.39, 0.29) is 0 Å². The molecule has 2 aromatic rings. The van der Waals surface area contributed by atoms with Crippen molar-refractivity contribution in [2.75, 3.05) is 5.88 Å². The number of alkyl halides is 1. The van der Waals surface area contributed by atoms with Crippen molar-refractivity contribution in [3.8, 4) is 11.3 Å². The van der Waals surface area contributed by atoms with E-state index in [0.29, 0.717) is 5.88 Å². The van der Waals surface area contributed by atoms with Crippen molar-refractivity contribution >= 4 is 11.6 Å². The maximum Gasteiger partial charge on any atom is 0.0682 e. The van der Waals surface area contributed by atoms with Crippen LogP contribution in [0.2, 0.25) is 0 Å². The molecule has 0 aliphatic rings. The predicted molar refractivity (Wildman–Crippen MR) is 67.8 cm³/mol. The van der Waals surface area contributed by atoms with Crippen LogP contribution in [0.1, 0.15) is 12.5 Å². The summed E-state index contributed by atoms with van der Waals surface area (Å²) >= 11 is 5.74. The van der Waals surface area contributed by atoms with Gasteiger partial charge < -0.3 is 0 Å². The number of halogens is 1. The first-order valence-electron chi connectivity index (χ1n) is 5.52. The van der Waals surface area contributed by atoms with E-state index in [0.717, 1.165) is 18.7 Å². The fourth-order valence-electron chi connectivity index (χ4n) is 1.75. The molecule has 1 heterocycles. The number of rotatable bonds is 4. The molecule has 0 atom stereocenters. The Morgan fingerprint density at radius 3 is 2.56 bits per heavy atom. The molecule has 1 aromatic heterocycles. The minimum Gasteiger partial charge on any atom is -0.264 e. The smallest absolute Gasteiger partial charge is 0.0682 e. The number of nitrogens with zero attached hydrogens (tertiary/aromatic N) is 2. The quantitative estimate of drug-likeness (QED) is 0.742. The summed E-state index contributed by atoms with van der Waals surface area (Å²) in [6.45, 7) is 2.91. The van der Waals surface area contributed by atoms with Crippen molar-refractivity contribution in [3.05, 3.63) is 42.1 Å². The van der Waals surface area contributed by atoms with Gasteiger partial charge in [-0.05, 0) is 23.6 Å². The first-order chi connectivity index (χ1) is 7.85. The Bertz CT molecular complexity index is 445. The lowest BCUT2D eigenvalue weighted by Crippen LogP contribution is -2.02. The van der Waals surface area contributed by atoms with Gasteiger partial charge in [0.25, 0.3) is 0 Å². The summed E-state index contributed by atoms with van der Waals surface area (Å²) in [5.74, 6) is 0.585. The molecule has 0 aliphatic heterocycles. The fraction of sp³-hybridized carbons (Fsp3) is 0.308.